The van der Waals surface area contributed by atoms with Crippen molar-refractivity contribution < 1.29 is 22.3 Å². The molecule has 0 aliphatic rings. The van der Waals surface area contributed by atoms with E-state index in [4.69, 9.17) is 4.74 Å². The van der Waals surface area contributed by atoms with Gasteiger partial charge < -0.3 is 4.74 Å². The highest BCUT2D eigenvalue weighted by molar-refractivity contribution is 5.70. The third-order valence-electron chi connectivity index (χ3n) is 4.75. The maximum atomic E-state index is 14.5. The second-order valence-electron chi connectivity index (χ2n) is 6.90. The van der Waals surface area contributed by atoms with Crippen molar-refractivity contribution in [2.45, 2.75) is 25.4 Å². The summed E-state index contributed by atoms with van der Waals surface area (Å²) in [7, 11) is 0. The van der Waals surface area contributed by atoms with E-state index >= 15 is 0 Å². The predicted molar refractivity (Wildman–Crippen MR) is 112 cm³/mol. The van der Waals surface area contributed by atoms with Crippen molar-refractivity contribution in [3.63, 3.8) is 0 Å². The van der Waals surface area contributed by atoms with Gasteiger partial charge in [-0.05, 0) is 48.2 Å². The molecule has 5 heteroatoms. The lowest BCUT2D eigenvalue weighted by Crippen LogP contribution is -2.23. The fourth-order valence-electron chi connectivity index (χ4n) is 3.20. The van der Waals surface area contributed by atoms with E-state index in [-0.39, 0.29) is 12.0 Å². The molecule has 0 unspecified atom stereocenters. The zero-order chi connectivity index (χ0) is 21.6. The van der Waals surface area contributed by atoms with E-state index in [1.54, 1.807) is 36.4 Å². The van der Waals surface area contributed by atoms with Crippen molar-refractivity contribution in [2.24, 2.45) is 0 Å². The molecule has 3 rings (SSSR count). The van der Waals surface area contributed by atoms with Gasteiger partial charge in [0.2, 0.25) is 0 Å². The predicted octanol–water partition coefficient (Wildman–Crippen LogP) is 7.28. The number of ether oxygens (including phenoxy) is 1. The molecule has 1 atom stereocenters. The van der Waals surface area contributed by atoms with Crippen LogP contribution in [0.2, 0.25) is 0 Å². The number of alkyl halides is 3. The van der Waals surface area contributed by atoms with Gasteiger partial charge in [0.15, 0.2) is 0 Å². The van der Waals surface area contributed by atoms with Gasteiger partial charge in [-0.25, -0.2) is 4.39 Å². The molecule has 0 amide bonds. The molecular weight excluding hydrogens is 392 g/mol. The van der Waals surface area contributed by atoms with Crippen molar-refractivity contribution in [2.75, 3.05) is 6.61 Å². The molecule has 3 aromatic carbocycles. The molecule has 1 nitrogen and oxygen atoms in total. The van der Waals surface area contributed by atoms with E-state index in [1.807, 2.05) is 31.2 Å². The molecule has 0 saturated carbocycles. The highest BCUT2D eigenvalue weighted by Gasteiger charge is 2.40. The summed E-state index contributed by atoms with van der Waals surface area (Å²) in [6.07, 6.45) is -1.37. The van der Waals surface area contributed by atoms with Crippen molar-refractivity contribution >= 4 is 12.2 Å². The van der Waals surface area contributed by atoms with Crippen LogP contribution in [-0.2, 0) is 6.42 Å². The average Bonchev–Trinajstić information content (AvgIpc) is 2.72. The monoisotopic (exact) mass is 414 g/mol. The van der Waals surface area contributed by atoms with E-state index in [0.29, 0.717) is 17.7 Å². The van der Waals surface area contributed by atoms with Crippen molar-refractivity contribution in [3.05, 3.63) is 101 Å². The zero-order valence-electron chi connectivity index (χ0n) is 16.5. The minimum absolute atomic E-state index is 0.171. The van der Waals surface area contributed by atoms with E-state index in [0.717, 1.165) is 11.3 Å². The van der Waals surface area contributed by atoms with Crippen LogP contribution < -0.4 is 4.74 Å². The van der Waals surface area contributed by atoms with Gasteiger partial charge in [-0.1, -0.05) is 66.7 Å². The first-order valence-corrected chi connectivity index (χ1v) is 9.68. The van der Waals surface area contributed by atoms with E-state index < -0.39 is 17.9 Å². The van der Waals surface area contributed by atoms with Crippen LogP contribution >= 0.6 is 0 Å². The largest absolute Gasteiger partial charge is 0.494 e. The Kier molecular flexibility index (Phi) is 6.93. The number of hydrogen-bond acceptors (Lipinski definition) is 1. The Hall–Kier alpha value is -3.08. The Balaban J connectivity index is 1.75. The normalized spacial score (nSPS) is 12.8. The van der Waals surface area contributed by atoms with Crippen LogP contribution in [0.25, 0.3) is 12.2 Å². The molecule has 0 spiro atoms. The molecule has 0 aliphatic heterocycles. The van der Waals surface area contributed by atoms with Gasteiger partial charge in [0, 0.05) is 5.56 Å². The van der Waals surface area contributed by atoms with Gasteiger partial charge in [0.05, 0.1) is 12.5 Å². The zero-order valence-corrected chi connectivity index (χ0v) is 16.5. The minimum atomic E-state index is -4.41. The standard InChI is InChI=1S/C25H22F4O/c1-2-30-22-14-10-18(11-15-22)8-12-21-13-9-19(17-24(21)26)16-23(25(27,28)29)20-6-4-3-5-7-20/h3-15,17,23H,2,16H2,1H3/t23-/m0/s1. The second kappa shape index (κ2) is 9.61. The molecule has 0 radical (unpaired) electrons. The van der Waals surface area contributed by atoms with Crippen molar-refractivity contribution in [1.29, 1.82) is 0 Å². The highest BCUT2D eigenvalue weighted by atomic mass is 19.4. The number of benzene rings is 3. The molecule has 0 aromatic heterocycles. The topological polar surface area (TPSA) is 9.23 Å². The summed E-state index contributed by atoms with van der Waals surface area (Å²) in [4.78, 5) is 0. The quantitative estimate of drug-likeness (QED) is 0.291. The van der Waals surface area contributed by atoms with Gasteiger partial charge >= 0.3 is 6.18 Å². The highest BCUT2D eigenvalue weighted by Crippen LogP contribution is 2.37. The van der Waals surface area contributed by atoms with Crippen LogP contribution in [0.3, 0.4) is 0 Å². The van der Waals surface area contributed by atoms with Crippen LogP contribution in [0.5, 0.6) is 5.75 Å². The van der Waals surface area contributed by atoms with Crippen molar-refractivity contribution in [1.82, 2.24) is 0 Å². The van der Waals surface area contributed by atoms with Crippen LogP contribution in [0.1, 0.15) is 35.1 Å². The fraction of sp³-hybridized carbons (Fsp3) is 0.200. The summed E-state index contributed by atoms with van der Waals surface area (Å²) in [5.41, 5.74) is 1.65. The molecule has 0 heterocycles. The summed E-state index contributed by atoms with van der Waals surface area (Å²) in [6, 6.07) is 19.3. The number of hydrogen-bond donors (Lipinski definition) is 0. The summed E-state index contributed by atoms with van der Waals surface area (Å²) < 4.78 is 60.5. The fourth-order valence-corrected chi connectivity index (χ4v) is 3.20. The van der Waals surface area contributed by atoms with Gasteiger partial charge in [-0.3, -0.25) is 0 Å². The number of halogens is 4. The Morgan fingerprint density at radius 2 is 1.60 bits per heavy atom. The number of rotatable bonds is 7. The van der Waals surface area contributed by atoms with E-state index in [1.165, 1.54) is 24.3 Å². The maximum Gasteiger partial charge on any atom is 0.396 e. The Bertz CT molecular complexity index is 976. The Morgan fingerprint density at radius 3 is 2.20 bits per heavy atom. The second-order valence-corrected chi connectivity index (χ2v) is 6.90. The van der Waals surface area contributed by atoms with Crippen molar-refractivity contribution in [3.8, 4) is 5.75 Å². The summed E-state index contributed by atoms with van der Waals surface area (Å²) in [5, 5.41) is 0. The third kappa shape index (κ3) is 5.72. The molecule has 0 saturated heterocycles. The first-order chi connectivity index (χ1) is 14.4. The summed E-state index contributed by atoms with van der Waals surface area (Å²) in [5.74, 6) is -1.48. The first-order valence-electron chi connectivity index (χ1n) is 9.68. The lowest BCUT2D eigenvalue weighted by Gasteiger charge is -2.21. The van der Waals surface area contributed by atoms with Gasteiger partial charge in [0.1, 0.15) is 11.6 Å². The maximum absolute atomic E-state index is 14.5. The van der Waals surface area contributed by atoms with Crippen LogP contribution in [0.4, 0.5) is 17.6 Å². The van der Waals surface area contributed by atoms with Crippen LogP contribution in [-0.4, -0.2) is 12.8 Å². The van der Waals surface area contributed by atoms with E-state index in [2.05, 4.69) is 0 Å². The molecule has 0 aliphatic carbocycles. The van der Waals surface area contributed by atoms with Crippen LogP contribution in [0, 0.1) is 5.82 Å². The molecular formula is C25H22F4O. The lowest BCUT2D eigenvalue weighted by atomic mass is 9.91. The minimum Gasteiger partial charge on any atom is -0.494 e. The van der Waals surface area contributed by atoms with Crippen LogP contribution in [0.15, 0.2) is 72.8 Å². The van der Waals surface area contributed by atoms with Gasteiger partial charge in [-0.15, -0.1) is 0 Å². The van der Waals surface area contributed by atoms with Gasteiger partial charge in [-0.2, -0.15) is 13.2 Å². The van der Waals surface area contributed by atoms with Gasteiger partial charge in [0.25, 0.3) is 0 Å². The third-order valence-corrected chi connectivity index (χ3v) is 4.75. The first kappa shape index (κ1) is 21.6. The molecule has 0 bridgehead atoms. The average molecular weight is 414 g/mol. The SMILES string of the molecule is CCOc1ccc(C=Cc2ccc(C[C@@H](c3ccccc3)C(F)(F)F)cc2F)cc1. The Labute approximate surface area is 173 Å². The molecule has 0 fully saturated rings. The molecule has 30 heavy (non-hydrogen) atoms. The molecule has 0 N–H and O–H groups in total. The molecule has 156 valence electrons. The smallest absolute Gasteiger partial charge is 0.396 e. The van der Waals surface area contributed by atoms with E-state index in [9.17, 15) is 17.6 Å². The summed E-state index contributed by atoms with van der Waals surface area (Å²) >= 11 is 0. The summed E-state index contributed by atoms with van der Waals surface area (Å²) in [6.45, 7) is 2.48. The Morgan fingerprint density at radius 1 is 0.900 bits per heavy atom. The lowest BCUT2D eigenvalue weighted by molar-refractivity contribution is -0.150. The molecule has 3 aromatic rings.